The van der Waals surface area contributed by atoms with Gasteiger partial charge in [0.2, 0.25) is 11.0 Å². The molecular weight excluding hydrogens is 312 g/mol. The third-order valence-corrected chi connectivity index (χ3v) is 3.14. The summed E-state index contributed by atoms with van der Waals surface area (Å²) >= 11 is 1.07. The zero-order valence-corrected chi connectivity index (χ0v) is 11.7. The minimum atomic E-state index is -0.630. The number of nitro groups is 1. The minimum absolute atomic E-state index is 0.00494. The first-order chi connectivity index (χ1) is 10.5. The molecule has 0 aliphatic heterocycles. The first-order valence-corrected chi connectivity index (χ1v) is 6.62. The summed E-state index contributed by atoms with van der Waals surface area (Å²) in [4.78, 5) is 21.5. The first kappa shape index (κ1) is 15.3. The van der Waals surface area contributed by atoms with Gasteiger partial charge in [-0.25, -0.2) is 5.43 Å². The van der Waals surface area contributed by atoms with E-state index in [9.17, 15) is 20.0 Å². The Morgan fingerprint density at radius 1 is 1.50 bits per heavy atom. The fourth-order valence-corrected chi connectivity index (χ4v) is 2.05. The molecule has 2 rings (SSSR count). The number of non-ortho nitro benzene ring substituents is 1. The first-order valence-electron chi connectivity index (χ1n) is 5.81. The van der Waals surface area contributed by atoms with Crippen LogP contribution in [0.15, 0.2) is 23.3 Å². The Bertz CT molecular complexity index is 744. The van der Waals surface area contributed by atoms with Crippen molar-refractivity contribution in [3.8, 4) is 5.75 Å². The van der Waals surface area contributed by atoms with E-state index in [2.05, 4.69) is 20.7 Å². The van der Waals surface area contributed by atoms with Crippen molar-refractivity contribution in [1.29, 1.82) is 0 Å². The Labute approximate surface area is 127 Å². The molecule has 0 unspecified atom stereocenters. The van der Waals surface area contributed by atoms with Gasteiger partial charge in [0.15, 0.2) is 0 Å². The highest BCUT2D eigenvalue weighted by atomic mass is 32.1. The highest BCUT2D eigenvalue weighted by Crippen LogP contribution is 2.19. The summed E-state index contributed by atoms with van der Waals surface area (Å²) in [6.07, 6.45) is 0.979. The van der Waals surface area contributed by atoms with Crippen LogP contribution in [0.3, 0.4) is 0 Å². The monoisotopic (exact) mass is 321 g/mol. The van der Waals surface area contributed by atoms with Crippen LogP contribution in [0.1, 0.15) is 10.6 Å². The zero-order valence-electron chi connectivity index (χ0n) is 10.9. The van der Waals surface area contributed by atoms with Crippen LogP contribution < -0.4 is 16.3 Å². The van der Waals surface area contributed by atoms with Crippen LogP contribution in [-0.2, 0) is 11.2 Å². The molecule has 1 heterocycles. The number of aromatic nitrogens is 2. The quantitative estimate of drug-likeness (QED) is 0.438. The van der Waals surface area contributed by atoms with E-state index in [1.807, 2.05) is 0 Å². The molecule has 22 heavy (non-hydrogen) atoms. The molecule has 0 saturated carbocycles. The fraction of sp³-hybridized carbons (Fsp3) is 0.0909. The average Bonchev–Trinajstić information content (AvgIpc) is 2.85. The lowest BCUT2D eigenvalue weighted by molar-refractivity contribution is -0.385. The van der Waals surface area contributed by atoms with Crippen LogP contribution in [0, 0.1) is 10.1 Å². The number of nitro benzene ring substituents is 1. The molecule has 2 aromatic rings. The third-order valence-electron chi connectivity index (χ3n) is 2.39. The molecule has 0 saturated heterocycles. The molecule has 3 N–H and O–H groups in total. The molecule has 0 aliphatic rings. The van der Waals surface area contributed by atoms with Gasteiger partial charge in [-0.05, 0) is 5.56 Å². The van der Waals surface area contributed by atoms with Crippen molar-refractivity contribution in [2.45, 2.75) is 6.42 Å². The van der Waals surface area contributed by atoms with Gasteiger partial charge in [0.25, 0.3) is 5.69 Å². The molecular formula is C11H9N6O4S-. The lowest BCUT2D eigenvalue weighted by Crippen LogP contribution is -2.19. The van der Waals surface area contributed by atoms with Crippen molar-refractivity contribution in [3.63, 3.8) is 0 Å². The van der Waals surface area contributed by atoms with Crippen LogP contribution in [-0.4, -0.2) is 27.2 Å². The molecule has 10 nitrogen and oxygen atoms in total. The molecule has 1 aromatic heterocycles. The van der Waals surface area contributed by atoms with Crippen LogP contribution >= 0.6 is 11.3 Å². The standard InChI is InChI=1S/C11H10N6O4S/c12-11-16-15-10(22-11)4-9(19)14-13-5-6-3-7(17(20)21)1-2-8(6)18/h1-3,5,18H,4H2,(H2,12,16)(H,14,19)/p-1/b13-5+. The van der Waals surface area contributed by atoms with Crippen LogP contribution in [0.2, 0.25) is 0 Å². The third kappa shape index (κ3) is 3.96. The van der Waals surface area contributed by atoms with E-state index in [4.69, 9.17) is 5.73 Å². The molecule has 0 atom stereocenters. The molecule has 0 spiro atoms. The van der Waals surface area contributed by atoms with Gasteiger partial charge in [0, 0.05) is 12.1 Å². The van der Waals surface area contributed by atoms with Gasteiger partial charge < -0.3 is 10.8 Å². The van der Waals surface area contributed by atoms with Gasteiger partial charge in [-0.2, -0.15) is 5.10 Å². The Kier molecular flexibility index (Phi) is 4.58. The summed E-state index contributed by atoms with van der Waals surface area (Å²) in [6, 6.07) is 3.23. The minimum Gasteiger partial charge on any atom is -0.872 e. The van der Waals surface area contributed by atoms with Crippen molar-refractivity contribution in [3.05, 3.63) is 38.9 Å². The van der Waals surface area contributed by atoms with Crippen LogP contribution in [0.4, 0.5) is 10.8 Å². The Morgan fingerprint density at radius 3 is 2.91 bits per heavy atom. The molecule has 0 aliphatic carbocycles. The maximum absolute atomic E-state index is 11.6. The number of benzene rings is 1. The van der Waals surface area contributed by atoms with Gasteiger partial charge in [-0.1, -0.05) is 23.2 Å². The molecule has 0 bridgehead atoms. The number of hydrazone groups is 1. The summed E-state index contributed by atoms with van der Waals surface area (Å²) in [6.45, 7) is 0. The molecule has 1 aromatic carbocycles. The van der Waals surface area contributed by atoms with E-state index >= 15 is 0 Å². The van der Waals surface area contributed by atoms with E-state index in [0.717, 1.165) is 35.8 Å². The molecule has 1 amide bonds. The predicted octanol–water partition coefficient (Wildman–Crippen LogP) is -0.205. The molecule has 0 radical (unpaired) electrons. The number of nitrogen functional groups attached to an aromatic ring is 1. The fourth-order valence-electron chi connectivity index (χ4n) is 1.44. The number of anilines is 1. The lowest BCUT2D eigenvalue weighted by Gasteiger charge is -2.08. The van der Waals surface area contributed by atoms with Gasteiger partial charge in [-0.3, -0.25) is 14.9 Å². The SMILES string of the molecule is Nc1nnc(CC(=O)N/N=C/c2cc([N+](=O)[O-])ccc2[O-])s1. The predicted molar refractivity (Wildman–Crippen MR) is 76.3 cm³/mol. The number of carbonyl (C=O) groups excluding carboxylic acids is 1. The number of hydrogen-bond acceptors (Lipinski definition) is 9. The van der Waals surface area contributed by atoms with E-state index in [1.54, 1.807) is 0 Å². The van der Waals surface area contributed by atoms with Crippen molar-refractivity contribution >= 4 is 34.3 Å². The van der Waals surface area contributed by atoms with Gasteiger partial charge >= 0.3 is 0 Å². The number of amides is 1. The molecule has 114 valence electrons. The lowest BCUT2D eigenvalue weighted by atomic mass is 10.2. The number of hydrogen-bond donors (Lipinski definition) is 2. The summed E-state index contributed by atoms with van der Waals surface area (Å²) in [5.74, 6) is -0.925. The number of nitrogens with one attached hydrogen (secondary N) is 1. The topological polar surface area (TPSA) is 159 Å². The maximum atomic E-state index is 11.6. The molecule has 0 fully saturated rings. The maximum Gasteiger partial charge on any atom is 0.270 e. The van der Waals surface area contributed by atoms with Gasteiger partial charge in [-0.15, -0.1) is 10.2 Å². The Hall–Kier alpha value is -3.08. The van der Waals surface area contributed by atoms with Gasteiger partial charge in [0.1, 0.15) is 5.01 Å². The van der Waals surface area contributed by atoms with Crippen LogP contribution in [0.25, 0.3) is 0 Å². The Morgan fingerprint density at radius 2 is 2.27 bits per heavy atom. The average molecular weight is 321 g/mol. The largest absolute Gasteiger partial charge is 0.872 e. The van der Waals surface area contributed by atoms with E-state index in [1.165, 1.54) is 0 Å². The van der Waals surface area contributed by atoms with Gasteiger partial charge in [0.05, 0.1) is 17.6 Å². The summed E-state index contributed by atoms with van der Waals surface area (Å²) < 4.78 is 0. The highest BCUT2D eigenvalue weighted by Gasteiger charge is 2.08. The number of carbonyl (C=O) groups is 1. The van der Waals surface area contributed by atoms with Crippen molar-refractivity contribution in [2.75, 3.05) is 5.73 Å². The van der Waals surface area contributed by atoms with Crippen LogP contribution in [0.5, 0.6) is 5.75 Å². The van der Waals surface area contributed by atoms with E-state index in [0.29, 0.717) is 5.01 Å². The second-order valence-corrected chi connectivity index (χ2v) is 5.08. The summed E-state index contributed by atoms with van der Waals surface area (Å²) in [5, 5.41) is 33.6. The Balaban J connectivity index is 1.98. The van der Waals surface area contributed by atoms with Crippen molar-refractivity contribution in [2.24, 2.45) is 5.10 Å². The zero-order chi connectivity index (χ0) is 16.1. The number of nitrogens with zero attached hydrogens (tertiary/aromatic N) is 4. The van der Waals surface area contributed by atoms with E-state index in [-0.39, 0.29) is 22.8 Å². The second kappa shape index (κ2) is 6.58. The normalized spacial score (nSPS) is 10.7. The van der Waals surface area contributed by atoms with Crippen molar-refractivity contribution < 1.29 is 14.8 Å². The number of nitrogens with two attached hydrogens (primary N) is 1. The second-order valence-electron chi connectivity index (χ2n) is 3.98. The number of rotatable bonds is 5. The van der Waals surface area contributed by atoms with Crippen molar-refractivity contribution in [1.82, 2.24) is 15.6 Å². The summed E-state index contributed by atoms with van der Waals surface area (Å²) in [5.41, 5.74) is 7.32. The summed E-state index contributed by atoms with van der Waals surface area (Å²) in [7, 11) is 0. The smallest absolute Gasteiger partial charge is 0.270 e. The highest BCUT2D eigenvalue weighted by molar-refractivity contribution is 7.15. The van der Waals surface area contributed by atoms with E-state index < -0.39 is 16.6 Å². The molecule has 11 heteroatoms.